The second-order valence-electron chi connectivity index (χ2n) is 7.23. The third-order valence-electron chi connectivity index (χ3n) is 5.04. The van der Waals surface area contributed by atoms with Crippen LogP contribution in [0.1, 0.15) is 31.9 Å². The van der Waals surface area contributed by atoms with Crippen molar-refractivity contribution in [3.8, 4) is 11.5 Å². The van der Waals surface area contributed by atoms with Crippen molar-refractivity contribution >= 4 is 23.2 Å². The van der Waals surface area contributed by atoms with E-state index in [2.05, 4.69) is 36.7 Å². The van der Waals surface area contributed by atoms with Gasteiger partial charge in [0, 0.05) is 36.1 Å². The molecule has 0 aromatic heterocycles. The van der Waals surface area contributed by atoms with Crippen LogP contribution >= 0.6 is 0 Å². The van der Waals surface area contributed by atoms with E-state index in [-0.39, 0.29) is 18.1 Å². The Kier molecular flexibility index (Phi) is 3.75. The molecule has 2 aromatic rings. The molecular formula is C21H21FN2O2. The number of hydrogen-bond acceptors (Lipinski definition) is 4. The summed E-state index contributed by atoms with van der Waals surface area (Å²) in [5.74, 6) is 1.08. The predicted octanol–water partition coefficient (Wildman–Crippen LogP) is 4.94. The number of rotatable bonds is 2. The van der Waals surface area contributed by atoms with E-state index in [9.17, 15) is 4.39 Å². The third kappa shape index (κ3) is 2.73. The standard InChI is InChI=1S/C21H21FN2O2/c1-13-10-21(2,3)24(4)18-9-17(22)14(7-16(13)18)11-23-15-5-6-19-20(8-15)26-12-25-19/h5-11H,12H2,1-4H3. The number of likely N-dealkylation sites (N-methyl/N-ethyl adjacent to an activating group) is 1. The fourth-order valence-electron chi connectivity index (χ4n) is 3.40. The van der Waals surface area contributed by atoms with Crippen LogP contribution in [0.2, 0.25) is 0 Å². The van der Waals surface area contributed by atoms with E-state index in [1.807, 2.05) is 25.2 Å². The SMILES string of the molecule is CC1=CC(C)(C)N(C)c2cc(F)c(C=Nc3ccc4c(c3)OCO4)cc21. The number of benzene rings is 2. The number of fused-ring (bicyclic) bond motifs is 2. The summed E-state index contributed by atoms with van der Waals surface area (Å²) in [5, 5.41) is 0. The van der Waals surface area contributed by atoms with Gasteiger partial charge < -0.3 is 14.4 Å². The van der Waals surface area contributed by atoms with E-state index in [4.69, 9.17) is 9.47 Å². The fraction of sp³-hybridized carbons (Fsp3) is 0.286. The van der Waals surface area contributed by atoms with Crippen molar-refractivity contribution in [2.45, 2.75) is 26.3 Å². The van der Waals surface area contributed by atoms with Crippen LogP contribution in [-0.2, 0) is 0 Å². The second-order valence-corrected chi connectivity index (χ2v) is 7.23. The Bertz CT molecular complexity index is 947. The van der Waals surface area contributed by atoms with Crippen molar-refractivity contribution in [1.82, 2.24) is 0 Å². The van der Waals surface area contributed by atoms with E-state index < -0.39 is 0 Å². The zero-order chi connectivity index (χ0) is 18.5. The lowest BCUT2D eigenvalue weighted by Crippen LogP contribution is -2.42. The van der Waals surface area contributed by atoms with E-state index in [1.54, 1.807) is 18.3 Å². The lowest BCUT2D eigenvalue weighted by molar-refractivity contribution is 0.174. The molecule has 2 aliphatic heterocycles. The number of anilines is 1. The van der Waals surface area contributed by atoms with Crippen LogP contribution < -0.4 is 14.4 Å². The molecule has 0 aliphatic carbocycles. The molecule has 0 spiro atoms. The zero-order valence-electron chi connectivity index (χ0n) is 15.3. The monoisotopic (exact) mass is 352 g/mol. The summed E-state index contributed by atoms with van der Waals surface area (Å²) in [4.78, 5) is 6.50. The molecule has 2 aromatic carbocycles. The quantitative estimate of drug-likeness (QED) is 0.718. The van der Waals surface area contributed by atoms with Gasteiger partial charge in [0.25, 0.3) is 0 Å². The average Bonchev–Trinajstić information content (AvgIpc) is 3.06. The Balaban J connectivity index is 1.69. The highest BCUT2D eigenvalue weighted by Gasteiger charge is 2.29. The first-order chi connectivity index (χ1) is 12.3. The highest BCUT2D eigenvalue weighted by Crippen LogP contribution is 2.39. The van der Waals surface area contributed by atoms with Gasteiger partial charge in [-0.05, 0) is 50.6 Å². The topological polar surface area (TPSA) is 34.1 Å². The van der Waals surface area contributed by atoms with Crippen molar-refractivity contribution in [3.05, 3.63) is 53.4 Å². The third-order valence-corrected chi connectivity index (χ3v) is 5.04. The molecule has 2 heterocycles. The van der Waals surface area contributed by atoms with E-state index in [1.165, 1.54) is 0 Å². The second kappa shape index (κ2) is 5.87. The molecule has 0 atom stereocenters. The highest BCUT2D eigenvalue weighted by atomic mass is 19.1. The molecule has 134 valence electrons. The summed E-state index contributed by atoms with van der Waals surface area (Å²) in [6.07, 6.45) is 3.76. The van der Waals surface area contributed by atoms with Crippen LogP contribution in [-0.4, -0.2) is 25.6 Å². The fourth-order valence-corrected chi connectivity index (χ4v) is 3.40. The summed E-state index contributed by atoms with van der Waals surface area (Å²) in [6, 6.07) is 8.87. The molecule has 5 heteroatoms. The number of ether oxygens (including phenoxy) is 2. The van der Waals surface area contributed by atoms with Crippen LogP contribution in [0, 0.1) is 5.82 Å². The van der Waals surface area contributed by atoms with Crippen molar-refractivity contribution < 1.29 is 13.9 Å². The van der Waals surface area contributed by atoms with Crippen molar-refractivity contribution in [3.63, 3.8) is 0 Å². The maximum Gasteiger partial charge on any atom is 0.231 e. The van der Waals surface area contributed by atoms with Crippen molar-refractivity contribution in [1.29, 1.82) is 0 Å². The normalized spacial score (nSPS) is 17.4. The van der Waals surface area contributed by atoms with Gasteiger partial charge in [0.2, 0.25) is 6.79 Å². The minimum Gasteiger partial charge on any atom is -0.454 e. The maximum absolute atomic E-state index is 14.7. The maximum atomic E-state index is 14.7. The van der Waals surface area contributed by atoms with E-state index in [0.717, 1.165) is 16.8 Å². The summed E-state index contributed by atoms with van der Waals surface area (Å²) in [5.41, 5.74) is 4.07. The Morgan fingerprint density at radius 1 is 1.15 bits per heavy atom. The first-order valence-electron chi connectivity index (χ1n) is 8.56. The average molecular weight is 352 g/mol. The molecule has 26 heavy (non-hydrogen) atoms. The largest absolute Gasteiger partial charge is 0.454 e. The van der Waals surface area contributed by atoms with Crippen LogP contribution in [0.25, 0.3) is 5.57 Å². The van der Waals surface area contributed by atoms with Gasteiger partial charge in [0.05, 0.1) is 11.2 Å². The summed E-state index contributed by atoms with van der Waals surface area (Å²) in [7, 11) is 1.99. The van der Waals surface area contributed by atoms with Crippen LogP contribution in [0.5, 0.6) is 11.5 Å². The molecular weight excluding hydrogens is 331 g/mol. The van der Waals surface area contributed by atoms with Crippen LogP contribution in [0.15, 0.2) is 41.4 Å². The number of halogens is 1. The molecule has 2 aliphatic rings. The van der Waals surface area contributed by atoms with Gasteiger partial charge in [-0.15, -0.1) is 0 Å². The van der Waals surface area contributed by atoms with Gasteiger partial charge >= 0.3 is 0 Å². The molecule has 0 saturated heterocycles. The van der Waals surface area contributed by atoms with Crippen molar-refractivity contribution in [2.75, 3.05) is 18.7 Å². The molecule has 0 bridgehead atoms. The predicted molar refractivity (Wildman–Crippen MR) is 102 cm³/mol. The molecule has 0 fully saturated rings. The van der Waals surface area contributed by atoms with Gasteiger partial charge in [-0.2, -0.15) is 0 Å². The summed E-state index contributed by atoms with van der Waals surface area (Å²) >= 11 is 0. The van der Waals surface area contributed by atoms with Crippen molar-refractivity contribution in [2.24, 2.45) is 4.99 Å². The van der Waals surface area contributed by atoms with Gasteiger partial charge in [-0.25, -0.2) is 4.39 Å². The molecule has 4 nitrogen and oxygen atoms in total. The molecule has 4 rings (SSSR count). The smallest absolute Gasteiger partial charge is 0.231 e. The van der Waals surface area contributed by atoms with Gasteiger partial charge in [0.15, 0.2) is 11.5 Å². The minimum absolute atomic E-state index is 0.147. The lowest BCUT2D eigenvalue weighted by atomic mass is 9.88. The Morgan fingerprint density at radius 3 is 2.73 bits per heavy atom. The van der Waals surface area contributed by atoms with Gasteiger partial charge in [0.1, 0.15) is 5.82 Å². The first kappa shape index (κ1) is 16.6. The number of hydrogen-bond donors (Lipinski definition) is 0. The summed E-state index contributed by atoms with van der Waals surface area (Å²) in [6.45, 7) is 6.51. The minimum atomic E-state index is -0.286. The highest BCUT2D eigenvalue weighted by molar-refractivity contribution is 5.89. The number of nitrogens with zero attached hydrogens (tertiary/aromatic N) is 2. The van der Waals surface area contributed by atoms with Gasteiger partial charge in [-0.3, -0.25) is 4.99 Å². The Labute approximate surface area is 152 Å². The molecule has 0 saturated carbocycles. The first-order valence-corrected chi connectivity index (χ1v) is 8.56. The number of allylic oxidation sites excluding steroid dienone is 1. The molecule has 0 radical (unpaired) electrons. The summed E-state index contributed by atoms with van der Waals surface area (Å²) < 4.78 is 25.3. The zero-order valence-corrected chi connectivity index (χ0v) is 15.3. The van der Waals surface area contributed by atoms with E-state index in [0.29, 0.717) is 22.7 Å². The Morgan fingerprint density at radius 2 is 1.92 bits per heavy atom. The van der Waals surface area contributed by atoms with E-state index >= 15 is 0 Å². The lowest BCUT2D eigenvalue weighted by Gasteiger charge is -2.40. The van der Waals surface area contributed by atoms with Crippen LogP contribution in [0.4, 0.5) is 15.8 Å². The molecule has 0 unspecified atom stereocenters. The number of aliphatic imine (C=N–C) groups is 1. The van der Waals surface area contributed by atoms with Crippen LogP contribution in [0.3, 0.4) is 0 Å². The molecule has 0 amide bonds. The Hall–Kier alpha value is -2.82. The van der Waals surface area contributed by atoms with Gasteiger partial charge in [-0.1, -0.05) is 6.08 Å². The molecule has 0 N–H and O–H groups in total.